The van der Waals surface area contributed by atoms with Gasteiger partial charge in [-0.25, -0.2) is 0 Å². The van der Waals surface area contributed by atoms with Crippen LogP contribution in [0.4, 0.5) is 11.5 Å². The van der Waals surface area contributed by atoms with Crippen molar-refractivity contribution in [1.29, 1.82) is 0 Å². The molecule has 2 N–H and O–H groups in total. The molecule has 0 saturated carbocycles. The van der Waals surface area contributed by atoms with Gasteiger partial charge in [-0.1, -0.05) is 0 Å². The SMILES string of the molecule is CNc1ccnc(C(=O)Nc2ccnn2C)c1. The van der Waals surface area contributed by atoms with Gasteiger partial charge < -0.3 is 10.6 Å². The molecule has 0 fully saturated rings. The first-order valence-corrected chi connectivity index (χ1v) is 5.14. The Morgan fingerprint density at radius 1 is 1.35 bits per heavy atom. The number of pyridine rings is 1. The van der Waals surface area contributed by atoms with Crippen molar-refractivity contribution in [1.82, 2.24) is 14.8 Å². The third-order valence-corrected chi connectivity index (χ3v) is 2.34. The molecule has 1 amide bonds. The molecule has 0 aliphatic heterocycles. The van der Waals surface area contributed by atoms with E-state index in [9.17, 15) is 4.79 Å². The van der Waals surface area contributed by atoms with E-state index in [0.29, 0.717) is 11.5 Å². The maximum atomic E-state index is 11.9. The van der Waals surface area contributed by atoms with Crippen LogP contribution in [0.2, 0.25) is 0 Å². The molecular weight excluding hydrogens is 218 g/mol. The van der Waals surface area contributed by atoms with Gasteiger partial charge in [0.25, 0.3) is 5.91 Å². The fraction of sp³-hybridized carbons (Fsp3) is 0.182. The second kappa shape index (κ2) is 4.65. The summed E-state index contributed by atoms with van der Waals surface area (Å²) in [6, 6.07) is 5.20. The number of carbonyl (C=O) groups excluding carboxylic acids is 1. The lowest BCUT2D eigenvalue weighted by Crippen LogP contribution is -2.16. The zero-order valence-corrected chi connectivity index (χ0v) is 9.64. The maximum absolute atomic E-state index is 11.9. The van der Waals surface area contributed by atoms with Crippen LogP contribution in [0.25, 0.3) is 0 Å². The van der Waals surface area contributed by atoms with Crippen molar-refractivity contribution < 1.29 is 4.79 Å². The number of nitrogens with one attached hydrogen (secondary N) is 2. The lowest BCUT2D eigenvalue weighted by molar-refractivity contribution is 0.102. The van der Waals surface area contributed by atoms with Gasteiger partial charge in [-0.05, 0) is 12.1 Å². The summed E-state index contributed by atoms with van der Waals surface area (Å²) in [5.41, 5.74) is 1.20. The van der Waals surface area contributed by atoms with E-state index in [1.807, 2.05) is 0 Å². The van der Waals surface area contributed by atoms with Crippen molar-refractivity contribution in [2.24, 2.45) is 7.05 Å². The van der Waals surface area contributed by atoms with Crippen molar-refractivity contribution in [3.8, 4) is 0 Å². The molecule has 2 aromatic heterocycles. The Kier molecular flexibility index (Phi) is 3.04. The van der Waals surface area contributed by atoms with E-state index in [-0.39, 0.29) is 5.91 Å². The van der Waals surface area contributed by atoms with E-state index in [4.69, 9.17) is 0 Å². The zero-order valence-electron chi connectivity index (χ0n) is 9.64. The van der Waals surface area contributed by atoms with E-state index in [2.05, 4.69) is 20.7 Å². The Bertz CT molecular complexity index is 534. The summed E-state index contributed by atoms with van der Waals surface area (Å²) in [7, 11) is 3.55. The second-order valence-electron chi connectivity index (χ2n) is 3.47. The monoisotopic (exact) mass is 231 g/mol. The smallest absolute Gasteiger partial charge is 0.275 e. The van der Waals surface area contributed by atoms with Crippen LogP contribution in [0.15, 0.2) is 30.6 Å². The van der Waals surface area contributed by atoms with Crippen LogP contribution in [-0.4, -0.2) is 27.7 Å². The second-order valence-corrected chi connectivity index (χ2v) is 3.47. The highest BCUT2D eigenvalue weighted by molar-refractivity contribution is 6.02. The molecule has 0 unspecified atom stereocenters. The minimum atomic E-state index is -0.259. The molecule has 17 heavy (non-hydrogen) atoms. The number of aryl methyl sites for hydroxylation is 1. The number of rotatable bonds is 3. The van der Waals surface area contributed by atoms with Crippen molar-refractivity contribution in [3.05, 3.63) is 36.3 Å². The Morgan fingerprint density at radius 3 is 2.82 bits per heavy atom. The Balaban J connectivity index is 2.17. The highest BCUT2D eigenvalue weighted by Gasteiger charge is 2.09. The van der Waals surface area contributed by atoms with Crippen LogP contribution in [0.1, 0.15) is 10.5 Å². The molecule has 0 aliphatic carbocycles. The fourth-order valence-electron chi connectivity index (χ4n) is 1.39. The van der Waals surface area contributed by atoms with Crippen molar-refractivity contribution >= 4 is 17.4 Å². The normalized spacial score (nSPS) is 10.0. The predicted octanol–water partition coefficient (Wildman–Crippen LogP) is 1.11. The van der Waals surface area contributed by atoms with E-state index >= 15 is 0 Å². The van der Waals surface area contributed by atoms with Crippen LogP contribution >= 0.6 is 0 Å². The summed E-state index contributed by atoms with van der Waals surface area (Å²) in [6.07, 6.45) is 3.21. The molecule has 6 nitrogen and oxygen atoms in total. The first-order chi connectivity index (χ1) is 8.20. The van der Waals surface area contributed by atoms with Crippen molar-refractivity contribution in [2.45, 2.75) is 0 Å². The topological polar surface area (TPSA) is 71.8 Å². The highest BCUT2D eigenvalue weighted by Crippen LogP contribution is 2.10. The van der Waals surface area contributed by atoms with E-state index in [1.165, 1.54) is 0 Å². The molecule has 0 radical (unpaired) electrons. The Labute approximate surface area is 98.7 Å². The Hall–Kier alpha value is -2.37. The molecule has 88 valence electrons. The number of aromatic nitrogens is 3. The molecular formula is C11H13N5O. The van der Waals surface area contributed by atoms with Crippen LogP contribution < -0.4 is 10.6 Å². The molecule has 2 aromatic rings. The van der Waals surface area contributed by atoms with Gasteiger partial charge in [0.05, 0.1) is 6.20 Å². The first-order valence-electron chi connectivity index (χ1n) is 5.14. The number of amides is 1. The van der Waals surface area contributed by atoms with Crippen molar-refractivity contribution in [2.75, 3.05) is 17.7 Å². The summed E-state index contributed by atoms with van der Waals surface area (Å²) in [5, 5.41) is 9.65. The van der Waals surface area contributed by atoms with Gasteiger partial charge in [0, 0.05) is 32.0 Å². The van der Waals surface area contributed by atoms with Gasteiger partial charge >= 0.3 is 0 Å². The summed E-state index contributed by atoms with van der Waals surface area (Å²) in [5.74, 6) is 0.373. The zero-order chi connectivity index (χ0) is 12.3. The predicted molar refractivity (Wildman–Crippen MR) is 64.9 cm³/mol. The molecule has 0 bridgehead atoms. The van der Waals surface area contributed by atoms with Gasteiger partial charge in [0.1, 0.15) is 11.5 Å². The molecule has 0 aromatic carbocycles. The molecule has 0 spiro atoms. The van der Waals surface area contributed by atoms with Gasteiger partial charge in [0.2, 0.25) is 0 Å². The molecule has 6 heteroatoms. The number of hydrogen-bond donors (Lipinski definition) is 2. The third kappa shape index (κ3) is 2.41. The lowest BCUT2D eigenvalue weighted by Gasteiger charge is -2.05. The van der Waals surface area contributed by atoms with E-state index in [1.54, 1.807) is 49.4 Å². The van der Waals surface area contributed by atoms with Gasteiger partial charge in [0.15, 0.2) is 0 Å². The van der Waals surface area contributed by atoms with Crippen LogP contribution in [0, 0.1) is 0 Å². The standard InChI is InChI=1S/C11H13N5O/c1-12-8-3-5-13-9(7-8)11(17)15-10-4-6-14-16(10)2/h3-7H,1-2H3,(H,12,13)(H,15,17). The van der Waals surface area contributed by atoms with Crippen LogP contribution in [0.5, 0.6) is 0 Å². The number of anilines is 2. The van der Waals surface area contributed by atoms with Gasteiger partial charge in [-0.2, -0.15) is 5.10 Å². The van der Waals surface area contributed by atoms with Gasteiger partial charge in [-0.3, -0.25) is 14.5 Å². The fourth-order valence-corrected chi connectivity index (χ4v) is 1.39. The minimum Gasteiger partial charge on any atom is -0.388 e. The average Bonchev–Trinajstić information content (AvgIpc) is 2.75. The quantitative estimate of drug-likeness (QED) is 0.830. The summed E-state index contributed by atoms with van der Waals surface area (Å²) in [4.78, 5) is 15.9. The summed E-state index contributed by atoms with van der Waals surface area (Å²) in [6.45, 7) is 0. The largest absolute Gasteiger partial charge is 0.388 e. The summed E-state index contributed by atoms with van der Waals surface area (Å²) < 4.78 is 1.58. The maximum Gasteiger partial charge on any atom is 0.275 e. The minimum absolute atomic E-state index is 0.259. The summed E-state index contributed by atoms with van der Waals surface area (Å²) >= 11 is 0. The molecule has 0 atom stereocenters. The highest BCUT2D eigenvalue weighted by atomic mass is 16.2. The molecule has 0 aliphatic rings. The third-order valence-electron chi connectivity index (χ3n) is 2.34. The number of carbonyl (C=O) groups is 1. The average molecular weight is 231 g/mol. The van der Waals surface area contributed by atoms with E-state index in [0.717, 1.165) is 5.69 Å². The van der Waals surface area contributed by atoms with Gasteiger partial charge in [-0.15, -0.1) is 0 Å². The Morgan fingerprint density at radius 2 is 2.18 bits per heavy atom. The lowest BCUT2D eigenvalue weighted by atomic mass is 10.3. The number of hydrogen-bond acceptors (Lipinski definition) is 4. The molecule has 2 rings (SSSR count). The number of nitrogens with zero attached hydrogens (tertiary/aromatic N) is 3. The molecule has 0 saturated heterocycles. The van der Waals surface area contributed by atoms with Crippen molar-refractivity contribution in [3.63, 3.8) is 0 Å². The van der Waals surface area contributed by atoms with Crippen LogP contribution in [-0.2, 0) is 7.05 Å². The molecule has 2 heterocycles. The van der Waals surface area contributed by atoms with Crippen LogP contribution in [0.3, 0.4) is 0 Å². The first kappa shape index (κ1) is 11.1. The van der Waals surface area contributed by atoms with E-state index < -0.39 is 0 Å².